The van der Waals surface area contributed by atoms with Crippen molar-refractivity contribution in [3.05, 3.63) is 70.3 Å². The molecule has 1 N–H and O–H groups in total. The van der Waals surface area contributed by atoms with Gasteiger partial charge in [0.05, 0.1) is 9.82 Å². The molecule has 2 aromatic rings. The summed E-state index contributed by atoms with van der Waals surface area (Å²) in [6, 6.07) is 14.4. The second-order valence-electron chi connectivity index (χ2n) is 5.50. The fraction of sp³-hybridized carbons (Fsp3) is 0.250. The summed E-state index contributed by atoms with van der Waals surface area (Å²) in [7, 11) is -0.113. The number of nitro benzene ring substituents is 1. The van der Waals surface area contributed by atoms with Crippen molar-refractivity contribution in [3.8, 4) is 0 Å². The fourth-order valence-electron chi connectivity index (χ4n) is 2.31. The lowest BCUT2D eigenvalue weighted by Crippen LogP contribution is -2.34. The molecule has 0 aromatic heterocycles. The molecule has 2 aromatic carbocycles. The van der Waals surface area contributed by atoms with Crippen molar-refractivity contribution in [1.29, 1.82) is 0 Å². The largest absolute Gasteiger partial charge is 0.301 e. The number of hydrogen-bond donors (Lipinski definition) is 1. The Labute approximate surface area is 141 Å². The van der Waals surface area contributed by atoms with E-state index in [0.29, 0.717) is 0 Å². The molecule has 0 aliphatic rings. The molecule has 24 heavy (non-hydrogen) atoms. The molecule has 0 saturated carbocycles. The van der Waals surface area contributed by atoms with Gasteiger partial charge in [0.1, 0.15) is 0 Å². The highest BCUT2D eigenvalue weighted by atomic mass is 32.2. The predicted octanol–water partition coefficient (Wildman–Crippen LogP) is 2.18. The van der Waals surface area contributed by atoms with Gasteiger partial charge >= 0.3 is 0 Å². The Morgan fingerprint density at radius 1 is 1.12 bits per heavy atom. The highest BCUT2D eigenvalue weighted by Gasteiger charge is 2.21. The number of nitrogens with zero attached hydrogens (tertiary/aromatic N) is 2. The Morgan fingerprint density at radius 3 is 2.38 bits per heavy atom. The normalized spacial score (nSPS) is 13.0. The van der Waals surface area contributed by atoms with Gasteiger partial charge in [-0.05, 0) is 25.7 Å². The quantitative estimate of drug-likeness (QED) is 0.611. The summed E-state index contributed by atoms with van der Waals surface area (Å²) in [4.78, 5) is 12.0. The lowest BCUT2D eigenvalue weighted by molar-refractivity contribution is -0.385. The number of nitro groups is 1. The Balaban J connectivity index is 2.19. The van der Waals surface area contributed by atoms with Crippen LogP contribution in [0.1, 0.15) is 11.6 Å². The van der Waals surface area contributed by atoms with E-state index < -0.39 is 14.9 Å². The molecule has 128 valence electrons. The van der Waals surface area contributed by atoms with Gasteiger partial charge in [0.25, 0.3) is 5.69 Å². The SMILES string of the molecule is CN(C)C(CNS(=O)(=O)c1cccc([N+](=O)[O-])c1)c1ccccc1. The highest BCUT2D eigenvalue weighted by Crippen LogP contribution is 2.20. The molecule has 0 aliphatic heterocycles. The van der Waals surface area contributed by atoms with Crippen LogP contribution in [-0.2, 0) is 10.0 Å². The van der Waals surface area contributed by atoms with Gasteiger partial charge in [0.15, 0.2) is 0 Å². The maximum Gasteiger partial charge on any atom is 0.270 e. The molecule has 0 bridgehead atoms. The van der Waals surface area contributed by atoms with Crippen molar-refractivity contribution in [1.82, 2.24) is 9.62 Å². The van der Waals surface area contributed by atoms with Crippen LogP contribution in [0.4, 0.5) is 5.69 Å². The Kier molecular flexibility index (Phi) is 5.66. The van der Waals surface area contributed by atoms with Gasteiger partial charge in [0, 0.05) is 24.7 Å². The minimum Gasteiger partial charge on any atom is -0.301 e. The van der Waals surface area contributed by atoms with Crippen LogP contribution in [0.2, 0.25) is 0 Å². The van der Waals surface area contributed by atoms with Gasteiger partial charge in [-0.3, -0.25) is 10.1 Å². The number of non-ortho nitro benzene ring substituents is 1. The number of hydrogen-bond acceptors (Lipinski definition) is 5. The molecule has 0 radical (unpaired) electrons. The monoisotopic (exact) mass is 349 g/mol. The van der Waals surface area contributed by atoms with Crippen LogP contribution in [0.3, 0.4) is 0 Å². The van der Waals surface area contributed by atoms with E-state index in [1.54, 1.807) is 0 Å². The van der Waals surface area contributed by atoms with Crippen molar-refractivity contribution in [2.24, 2.45) is 0 Å². The zero-order chi connectivity index (χ0) is 17.7. The molecule has 1 unspecified atom stereocenters. The summed E-state index contributed by atoms with van der Waals surface area (Å²) >= 11 is 0. The van der Waals surface area contributed by atoms with Crippen molar-refractivity contribution in [3.63, 3.8) is 0 Å². The van der Waals surface area contributed by atoms with E-state index in [9.17, 15) is 18.5 Å². The third-order valence-electron chi connectivity index (χ3n) is 3.61. The molecule has 8 heteroatoms. The van der Waals surface area contributed by atoms with Gasteiger partial charge in [-0.15, -0.1) is 0 Å². The summed E-state index contributed by atoms with van der Waals surface area (Å²) < 4.78 is 27.4. The van der Waals surface area contributed by atoms with Gasteiger partial charge in [-0.2, -0.15) is 0 Å². The van der Waals surface area contributed by atoms with Crippen LogP contribution in [0, 0.1) is 10.1 Å². The highest BCUT2D eigenvalue weighted by molar-refractivity contribution is 7.89. The molecule has 7 nitrogen and oxygen atoms in total. The van der Waals surface area contributed by atoms with E-state index in [-0.39, 0.29) is 23.2 Å². The van der Waals surface area contributed by atoms with E-state index in [2.05, 4.69) is 4.72 Å². The summed E-state index contributed by atoms with van der Waals surface area (Å²) in [5.74, 6) is 0. The molecular weight excluding hydrogens is 330 g/mol. The van der Waals surface area contributed by atoms with Crippen molar-refractivity contribution in [2.75, 3.05) is 20.6 Å². The molecule has 0 heterocycles. The molecule has 1 atom stereocenters. The molecular formula is C16H19N3O4S. The van der Waals surface area contributed by atoms with Crippen molar-refractivity contribution >= 4 is 15.7 Å². The zero-order valence-corrected chi connectivity index (χ0v) is 14.2. The first-order valence-electron chi connectivity index (χ1n) is 7.27. The van der Waals surface area contributed by atoms with Gasteiger partial charge in [0.2, 0.25) is 10.0 Å². The van der Waals surface area contributed by atoms with E-state index in [1.807, 2.05) is 49.3 Å². The first-order chi connectivity index (χ1) is 11.3. The molecule has 0 saturated heterocycles. The molecule has 0 spiro atoms. The average Bonchev–Trinajstić information content (AvgIpc) is 2.55. The van der Waals surface area contributed by atoms with Crippen LogP contribution in [0.25, 0.3) is 0 Å². The summed E-state index contributed by atoms with van der Waals surface area (Å²) in [5.41, 5.74) is 0.717. The van der Waals surface area contributed by atoms with Crippen LogP contribution in [0.15, 0.2) is 59.5 Å². The second-order valence-corrected chi connectivity index (χ2v) is 7.26. The van der Waals surface area contributed by atoms with Crippen LogP contribution < -0.4 is 4.72 Å². The van der Waals surface area contributed by atoms with Crippen molar-refractivity contribution < 1.29 is 13.3 Å². The Hall–Kier alpha value is -2.29. The number of benzene rings is 2. The Morgan fingerprint density at radius 2 is 1.79 bits per heavy atom. The third kappa shape index (κ3) is 4.38. The van der Waals surface area contributed by atoms with Gasteiger partial charge < -0.3 is 4.90 Å². The number of nitrogens with one attached hydrogen (secondary N) is 1. The molecule has 0 fully saturated rings. The minimum absolute atomic E-state index is 0.123. The van der Waals surface area contributed by atoms with E-state index >= 15 is 0 Å². The van der Waals surface area contributed by atoms with E-state index in [0.717, 1.165) is 11.6 Å². The third-order valence-corrected chi connectivity index (χ3v) is 5.03. The van der Waals surface area contributed by atoms with E-state index in [4.69, 9.17) is 0 Å². The standard InChI is InChI=1S/C16H19N3O4S/c1-18(2)16(13-7-4-3-5-8-13)12-17-24(22,23)15-10-6-9-14(11-15)19(20)21/h3-11,16-17H,12H2,1-2H3. The topological polar surface area (TPSA) is 92.6 Å². The fourth-order valence-corrected chi connectivity index (χ4v) is 3.39. The summed E-state index contributed by atoms with van der Waals surface area (Å²) in [5, 5.41) is 10.8. The maximum atomic E-state index is 12.4. The number of sulfonamides is 1. The average molecular weight is 349 g/mol. The minimum atomic E-state index is -3.83. The summed E-state index contributed by atoms with van der Waals surface area (Å²) in [6.45, 7) is 0.155. The van der Waals surface area contributed by atoms with Gasteiger partial charge in [-0.1, -0.05) is 36.4 Å². The first-order valence-corrected chi connectivity index (χ1v) is 8.75. The first kappa shape index (κ1) is 18.1. The number of rotatable bonds is 7. The zero-order valence-electron chi connectivity index (χ0n) is 13.4. The van der Waals surface area contributed by atoms with Crippen molar-refractivity contribution in [2.45, 2.75) is 10.9 Å². The maximum absolute atomic E-state index is 12.4. The smallest absolute Gasteiger partial charge is 0.270 e. The van der Waals surface area contributed by atoms with E-state index in [1.165, 1.54) is 18.2 Å². The molecule has 0 aliphatic carbocycles. The number of likely N-dealkylation sites (N-methyl/N-ethyl adjacent to an activating group) is 1. The van der Waals surface area contributed by atoms with Crippen LogP contribution in [0.5, 0.6) is 0 Å². The lowest BCUT2D eigenvalue weighted by Gasteiger charge is -2.25. The molecule has 0 amide bonds. The predicted molar refractivity (Wildman–Crippen MR) is 91.2 cm³/mol. The van der Waals surface area contributed by atoms with Crippen LogP contribution in [-0.4, -0.2) is 38.9 Å². The lowest BCUT2D eigenvalue weighted by atomic mass is 10.1. The molecule has 2 rings (SSSR count). The Bertz CT molecular complexity index is 807. The van der Waals surface area contributed by atoms with Crippen LogP contribution >= 0.6 is 0 Å². The second kappa shape index (κ2) is 7.52. The van der Waals surface area contributed by atoms with Gasteiger partial charge in [-0.25, -0.2) is 13.1 Å². The summed E-state index contributed by atoms with van der Waals surface area (Å²) in [6.07, 6.45) is 0.